The van der Waals surface area contributed by atoms with E-state index in [1.165, 1.54) is 0 Å². The van der Waals surface area contributed by atoms with E-state index in [9.17, 15) is 9.59 Å². The molecule has 2 unspecified atom stereocenters. The van der Waals surface area contributed by atoms with Crippen LogP contribution in [0.5, 0.6) is 0 Å². The average Bonchev–Trinajstić information content (AvgIpc) is 3.20. The van der Waals surface area contributed by atoms with Crippen LogP contribution in [-0.2, 0) is 9.59 Å². The fraction of sp³-hybridized carbons (Fsp3) is 0.529. The van der Waals surface area contributed by atoms with Crippen LogP contribution in [-0.4, -0.2) is 59.3 Å². The highest BCUT2D eigenvalue weighted by atomic mass is 32.2. The first-order valence-corrected chi connectivity index (χ1v) is 10.8. The van der Waals surface area contributed by atoms with E-state index in [4.69, 9.17) is 0 Å². The van der Waals surface area contributed by atoms with Crippen molar-refractivity contribution in [1.82, 2.24) is 9.80 Å². The highest BCUT2D eigenvalue weighted by Gasteiger charge is 2.44. The van der Waals surface area contributed by atoms with Gasteiger partial charge in [0, 0.05) is 36.7 Å². The zero-order valence-corrected chi connectivity index (χ0v) is 16.2. The summed E-state index contributed by atoms with van der Waals surface area (Å²) in [4.78, 5) is 31.3. The van der Waals surface area contributed by atoms with Gasteiger partial charge in [0.1, 0.15) is 0 Å². The maximum Gasteiger partial charge on any atom is 0.168 e. The summed E-state index contributed by atoms with van der Waals surface area (Å²) < 4.78 is 0.949. The van der Waals surface area contributed by atoms with E-state index in [-0.39, 0.29) is 17.5 Å². The van der Waals surface area contributed by atoms with Gasteiger partial charge in [0.05, 0.1) is 20.6 Å². The number of piperazine rings is 1. The SMILES string of the molecule is CN1CCN(C)C2SC(=C3C(=O)CC(c4cccs4)CC3=O)SC21. The maximum atomic E-state index is 12.7. The second kappa shape index (κ2) is 6.61. The first kappa shape index (κ1) is 16.8. The number of thioether (sulfide) groups is 2. The minimum atomic E-state index is 0.0311. The van der Waals surface area contributed by atoms with Crippen LogP contribution in [0, 0.1) is 0 Å². The van der Waals surface area contributed by atoms with Crippen molar-refractivity contribution in [3.8, 4) is 0 Å². The molecule has 1 aliphatic carbocycles. The second-order valence-electron chi connectivity index (χ2n) is 6.61. The van der Waals surface area contributed by atoms with Crippen molar-refractivity contribution in [2.24, 2.45) is 0 Å². The first-order chi connectivity index (χ1) is 11.5. The van der Waals surface area contributed by atoms with Crippen molar-refractivity contribution in [2.45, 2.75) is 29.5 Å². The molecule has 7 heteroatoms. The van der Waals surface area contributed by atoms with Gasteiger partial charge in [-0.25, -0.2) is 0 Å². The third kappa shape index (κ3) is 2.90. The fourth-order valence-corrected chi connectivity index (χ4v) is 7.82. The van der Waals surface area contributed by atoms with Crippen LogP contribution in [0.1, 0.15) is 23.6 Å². The predicted molar refractivity (Wildman–Crippen MR) is 101 cm³/mol. The summed E-state index contributed by atoms with van der Waals surface area (Å²) in [7, 11) is 4.26. The number of hydrogen-bond acceptors (Lipinski definition) is 7. The lowest BCUT2D eigenvalue weighted by Gasteiger charge is -2.39. The van der Waals surface area contributed by atoms with Gasteiger partial charge >= 0.3 is 0 Å². The van der Waals surface area contributed by atoms with E-state index in [0.717, 1.165) is 22.2 Å². The Morgan fingerprint density at radius 3 is 2.08 bits per heavy atom. The monoisotopic (exact) mass is 380 g/mol. The first-order valence-electron chi connectivity index (χ1n) is 8.12. The van der Waals surface area contributed by atoms with Crippen LogP contribution >= 0.6 is 34.9 Å². The molecule has 0 aromatic carbocycles. The van der Waals surface area contributed by atoms with Gasteiger partial charge < -0.3 is 0 Å². The van der Waals surface area contributed by atoms with E-state index in [2.05, 4.69) is 23.9 Å². The minimum Gasteiger partial charge on any atom is -0.294 e. The molecule has 4 nitrogen and oxygen atoms in total. The number of likely N-dealkylation sites (N-methyl/N-ethyl adjacent to an activating group) is 2. The van der Waals surface area contributed by atoms with Crippen LogP contribution in [0.4, 0.5) is 0 Å². The summed E-state index contributed by atoms with van der Waals surface area (Å²) in [5.41, 5.74) is 0.481. The Kier molecular flexibility index (Phi) is 4.64. The molecule has 2 saturated heterocycles. The lowest BCUT2D eigenvalue weighted by Crippen LogP contribution is -2.52. The number of hydrogen-bond donors (Lipinski definition) is 0. The molecule has 1 aromatic rings. The summed E-state index contributed by atoms with van der Waals surface area (Å²) in [6, 6.07) is 4.02. The molecule has 3 heterocycles. The molecule has 0 N–H and O–H groups in total. The highest BCUT2D eigenvalue weighted by Crippen LogP contribution is 2.52. The van der Waals surface area contributed by atoms with Crippen molar-refractivity contribution in [3.05, 3.63) is 32.2 Å². The number of ketones is 2. The molecule has 2 aliphatic heterocycles. The molecular weight excluding hydrogens is 360 g/mol. The number of nitrogens with zero attached hydrogens (tertiary/aromatic N) is 2. The van der Waals surface area contributed by atoms with Crippen LogP contribution in [0.25, 0.3) is 0 Å². The Hall–Kier alpha value is -0.600. The number of Topliss-reactive ketones (excluding diaryl/α,β-unsaturated/α-hetero) is 2. The molecule has 2 atom stereocenters. The zero-order chi connectivity index (χ0) is 16.8. The van der Waals surface area contributed by atoms with Gasteiger partial charge in [0.25, 0.3) is 0 Å². The van der Waals surface area contributed by atoms with Crippen LogP contribution in [0.2, 0.25) is 0 Å². The molecular formula is C17H20N2O2S3. The second-order valence-corrected chi connectivity index (χ2v) is 10.1. The Morgan fingerprint density at radius 2 is 1.58 bits per heavy atom. The lowest BCUT2D eigenvalue weighted by atomic mass is 9.84. The van der Waals surface area contributed by atoms with Crippen molar-refractivity contribution in [3.63, 3.8) is 0 Å². The topological polar surface area (TPSA) is 40.6 Å². The maximum absolute atomic E-state index is 12.7. The molecule has 24 heavy (non-hydrogen) atoms. The van der Waals surface area contributed by atoms with Crippen molar-refractivity contribution in [1.29, 1.82) is 0 Å². The normalized spacial score (nSPS) is 32.5. The molecule has 128 valence electrons. The van der Waals surface area contributed by atoms with Crippen molar-refractivity contribution in [2.75, 3.05) is 27.2 Å². The summed E-state index contributed by atoms with van der Waals surface area (Å²) in [5.74, 6) is 0.130. The zero-order valence-electron chi connectivity index (χ0n) is 13.7. The number of rotatable bonds is 1. The number of allylic oxidation sites excluding steroid dienone is 1. The quantitative estimate of drug-likeness (QED) is 0.551. The van der Waals surface area contributed by atoms with E-state index < -0.39 is 0 Å². The largest absolute Gasteiger partial charge is 0.294 e. The fourth-order valence-electron chi connectivity index (χ4n) is 3.50. The third-order valence-corrected chi connectivity index (χ3v) is 9.28. The van der Waals surface area contributed by atoms with Crippen molar-refractivity contribution >= 4 is 46.4 Å². The standard InChI is InChI=1S/C17H20N2O2S3/c1-18-5-6-19(2)16-15(18)23-17(24-16)14-11(20)8-10(9-12(14)21)13-4-3-7-22-13/h3-4,7,10,15-16H,5-6,8-9H2,1-2H3. The Balaban J connectivity index is 1.59. The van der Waals surface area contributed by atoms with Gasteiger partial charge in [-0.15, -0.1) is 11.3 Å². The van der Waals surface area contributed by atoms with Gasteiger partial charge in [-0.3, -0.25) is 19.4 Å². The Bertz CT molecular complexity index is 661. The third-order valence-electron chi connectivity index (χ3n) is 4.94. The predicted octanol–water partition coefficient (Wildman–Crippen LogP) is 2.98. The summed E-state index contributed by atoms with van der Waals surface area (Å²) in [5, 5.41) is 2.66. The Labute approximate surface area is 154 Å². The number of carbonyl (C=O) groups is 2. The molecule has 0 amide bonds. The van der Waals surface area contributed by atoms with Gasteiger partial charge in [-0.1, -0.05) is 29.6 Å². The molecule has 0 radical (unpaired) electrons. The lowest BCUT2D eigenvalue weighted by molar-refractivity contribution is -0.124. The van der Waals surface area contributed by atoms with Crippen molar-refractivity contribution < 1.29 is 9.59 Å². The average molecular weight is 381 g/mol. The molecule has 1 aromatic heterocycles. The van der Waals surface area contributed by atoms with Crippen LogP contribution in [0.15, 0.2) is 27.3 Å². The molecule has 0 spiro atoms. The van der Waals surface area contributed by atoms with Gasteiger partial charge in [-0.05, 0) is 25.5 Å². The van der Waals surface area contributed by atoms with E-state index in [1.54, 1.807) is 34.9 Å². The summed E-state index contributed by atoms with van der Waals surface area (Å²) in [6.45, 7) is 2.05. The molecule has 0 bridgehead atoms. The molecule has 3 fully saturated rings. The molecule has 3 aliphatic rings. The summed E-state index contributed by atoms with van der Waals surface area (Å²) >= 11 is 5.05. The smallest absolute Gasteiger partial charge is 0.168 e. The van der Waals surface area contributed by atoms with E-state index >= 15 is 0 Å². The van der Waals surface area contributed by atoms with Crippen LogP contribution < -0.4 is 0 Å². The van der Waals surface area contributed by atoms with Gasteiger partial charge in [-0.2, -0.15) is 0 Å². The number of fused-ring (bicyclic) bond motifs is 1. The summed E-state index contributed by atoms with van der Waals surface area (Å²) in [6.07, 6.45) is 0.931. The highest BCUT2D eigenvalue weighted by molar-refractivity contribution is 8.26. The number of carbonyl (C=O) groups excluding carboxylic acids is 2. The number of thiophene rings is 1. The Morgan fingerprint density at radius 1 is 1.00 bits per heavy atom. The van der Waals surface area contributed by atoms with Crippen LogP contribution in [0.3, 0.4) is 0 Å². The van der Waals surface area contributed by atoms with Gasteiger partial charge in [0.2, 0.25) is 0 Å². The van der Waals surface area contributed by atoms with Gasteiger partial charge in [0.15, 0.2) is 11.6 Å². The van der Waals surface area contributed by atoms with E-state index in [1.807, 2.05) is 17.5 Å². The van der Waals surface area contributed by atoms with E-state index in [0.29, 0.717) is 29.2 Å². The molecule has 1 saturated carbocycles. The minimum absolute atomic E-state index is 0.0311. The molecule has 4 rings (SSSR count).